The van der Waals surface area contributed by atoms with Gasteiger partial charge in [-0.05, 0) is 53.9 Å². The van der Waals surface area contributed by atoms with E-state index in [4.69, 9.17) is 23.3 Å². The van der Waals surface area contributed by atoms with Crippen molar-refractivity contribution in [2.24, 2.45) is 17.8 Å². The number of ether oxygens (including phenoxy) is 2. The van der Waals surface area contributed by atoms with E-state index >= 15 is 0 Å². The highest BCUT2D eigenvalue weighted by Gasteiger charge is 2.61. The lowest BCUT2D eigenvalue weighted by Gasteiger charge is -2.29. The molecule has 280 valence electrons. The summed E-state index contributed by atoms with van der Waals surface area (Å²) < 4.78 is 24.7. The Morgan fingerprint density at radius 2 is 1.85 bits per heavy atom. The van der Waals surface area contributed by atoms with Gasteiger partial charge in [0.25, 0.3) is 0 Å². The van der Waals surface area contributed by atoms with Gasteiger partial charge in [-0.25, -0.2) is 14.8 Å². The summed E-state index contributed by atoms with van der Waals surface area (Å²) in [6.45, 7) is 9.64. The second-order valence-corrected chi connectivity index (χ2v) is 15.2. The number of anilines is 1. The second kappa shape index (κ2) is 14.5. The Hall–Kier alpha value is -4.97. The molecule has 3 N–H and O–H groups in total. The van der Waals surface area contributed by atoms with Crippen LogP contribution in [0, 0.1) is 17.8 Å². The van der Waals surface area contributed by atoms with Crippen molar-refractivity contribution in [2.75, 3.05) is 12.4 Å². The van der Waals surface area contributed by atoms with Gasteiger partial charge in [0.15, 0.2) is 29.2 Å². The van der Waals surface area contributed by atoms with Crippen molar-refractivity contribution < 1.29 is 37.8 Å². The van der Waals surface area contributed by atoms with Crippen LogP contribution in [0.1, 0.15) is 117 Å². The van der Waals surface area contributed by atoms with Crippen molar-refractivity contribution in [3.05, 3.63) is 82.3 Å². The molecule has 1 amide bonds. The maximum absolute atomic E-state index is 14.3. The molecule has 7 rings (SSSR count). The maximum Gasteiger partial charge on any atom is 0.360 e. The van der Waals surface area contributed by atoms with Crippen LogP contribution in [0.4, 0.5) is 5.69 Å². The van der Waals surface area contributed by atoms with Gasteiger partial charge < -0.3 is 34.0 Å². The quantitative estimate of drug-likeness (QED) is 0.105. The number of nitrogens with zero attached hydrogens (tertiary/aromatic N) is 2. The number of carbonyl (C=O) groups excluding carboxylic acids is 3. The van der Waals surface area contributed by atoms with Crippen LogP contribution in [0.15, 0.2) is 51.5 Å². The molecular weight excluding hydrogens is 676 g/mol. The highest BCUT2D eigenvalue weighted by atomic mass is 16.5. The molecule has 5 heterocycles. The lowest BCUT2D eigenvalue weighted by atomic mass is 9.71. The van der Waals surface area contributed by atoms with Crippen molar-refractivity contribution >= 4 is 23.3 Å². The van der Waals surface area contributed by atoms with Gasteiger partial charge in [-0.3, -0.25) is 9.59 Å². The molecule has 2 unspecified atom stereocenters. The first-order chi connectivity index (χ1) is 25.5. The first-order valence-corrected chi connectivity index (χ1v) is 18.7. The summed E-state index contributed by atoms with van der Waals surface area (Å²) in [6, 6.07) is 11.4. The fourth-order valence-electron chi connectivity index (χ4n) is 7.99. The summed E-state index contributed by atoms with van der Waals surface area (Å²) in [6.07, 6.45) is 4.46. The zero-order valence-corrected chi connectivity index (χ0v) is 31.2. The molecule has 3 aliphatic heterocycles. The fraction of sp³-hybridized carbons (Fsp3) is 0.488. The third-order valence-electron chi connectivity index (χ3n) is 10.8. The van der Waals surface area contributed by atoms with E-state index in [1.807, 2.05) is 38.1 Å². The monoisotopic (exact) mass is 724 g/mol. The van der Waals surface area contributed by atoms with Crippen molar-refractivity contribution in [2.45, 2.75) is 103 Å². The molecule has 0 saturated carbocycles. The number of aryl methyl sites for hydroxylation is 1. The number of nitrogens with one attached hydrogen (secondary N) is 2. The molecular formula is C41H48N4O8. The number of aliphatic hydroxyl groups is 1. The molecule has 2 aromatic heterocycles. The molecule has 1 spiro atoms. The number of hydrogen-bond acceptors (Lipinski definition) is 11. The molecule has 12 heteroatoms. The number of amides is 1. The van der Waals surface area contributed by atoms with Gasteiger partial charge in [0, 0.05) is 23.6 Å². The average Bonchev–Trinajstić information content (AvgIpc) is 3.92. The lowest BCUT2D eigenvalue weighted by Crippen LogP contribution is -2.41. The third kappa shape index (κ3) is 6.30. The van der Waals surface area contributed by atoms with Crippen molar-refractivity contribution in [3.63, 3.8) is 0 Å². The van der Waals surface area contributed by atoms with Crippen LogP contribution in [0.2, 0.25) is 0 Å². The number of para-hydroxylation sites is 1. The number of carbonyl (C=O) groups is 3. The second-order valence-electron chi connectivity index (χ2n) is 15.2. The average molecular weight is 725 g/mol. The highest BCUT2D eigenvalue weighted by molar-refractivity contribution is 5.90. The lowest BCUT2D eigenvalue weighted by molar-refractivity contribution is -0.135. The highest BCUT2D eigenvalue weighted by Crippen LogP contribution is 2.60. The van der Waals surface area contributed by atoms with E-state index in [0.717, 1.165) is 65.8 Å². The van der Waals surface area contributed by atoms with E-state index < -0.39 is 35.7 Å². The number of fused-ring (bicyclic) bond motifs is 4. The topological polar surface area (TPSA) is 166 Å². The van der Waals surface area contributed by atoms with Crippen LogP contribution in [-0.2, 0) is 32.6 Å². The minimum absolute atomic E-state index is 0.0283. The SMILES string of the molecule is CCCCCCc1cc2cc3c1OC1Nc4ccccc4[C@@]31c1oc(nc1-c1nc(C(=O)OC)co1)[C@H](C(C)C)NC(=O)C(CC(=O)[C@@H](O)C(C)C)C2. The Kier molecular flexibility index (Phi) is 9.92. The minimum atomic E-state index is -1.19. The number of rotatable bonds is 12. The number of ketones is 1. The molecule has 0 radical (unpaired) electrons. The van der Waals surface area contributed by atoms with E-state index in [0.29, 0.717) is 5.76 Å². The summed E-state index contributed by atoms with van der Waals surface area (Å²) in [5.74, 6) is -1.27. The van der Waals surface area contributed by atoms with E-state index in [2.05, 4.69) is 34.7 Å². The number of aliphatic hydroxyl groups excluding tert-OH is 1. The van der Waals surface area contributed by atoms with Crippen LogP contribution in [0.5, 0.6) is 5.75 Å². The molecule has 4 bridgehead atoms. The van der Waals surface area contributed by atoms with E-state index in [1.54, 1.807) is 13.8 Å². The predicted octanol–water partition coefficient (Wildman–Crippen LogP) is 6.68. The van der Waals surface area contributed by atoms with Crippen molar-refractivity contribution in [1.82, 2.24) is 15.3 Å². The summed E-state index contributed by atoms with van der Waals surface area (Å²) >= 11 is 0. The Morgan fingerprint density at radius 3 is 2.58 bits per heavy atom. The zero-order valence-electron chi connectivity index (χ0n) is 31.2. The number of esters is 1. The Balaban J connectivity index is 1.50. The van der Waals surface area contributed by atoms with Gasteiger partial charge in [0.1, 0.15) is 29.6 Å². The predicted molar refractivity (Wildman–Crippen MR) is 195 cm³/mol. The first kappa shape index (κ1) is 36.4. The number of hydrogen-bond donors (Lipinski definition) is 3. The number of unbranched alkanes of at least 4 members (excludes halogenated alkanes) is 3. The molecule has 0 fully saturated rings. The number of methoxy groups -OCH3 is 1. The van der Waals surface area contributed by atoms with Gasteiger partial charge in [0.05, 0.1) is 7.11 Å². The van der Waals surface area contributed by atoms with E-state index in [1.165, 1.54) is 13.4 Å². The Labute approximate surface area is 309 Å². The minimum Gasteiger partial charge on any atom is -0.468 e. The largest absolute Gasteiger partial charge is 0.468 e. The van der Waals surface area contributed by atoms with Crippen molar-refractivity contribution in [3.8, 4) is 17.3 Å². The third-order valence-corrected chi connectivity index (χ3v) is 10.8. The summed E-state index contributed by atoms with van der Waals surface area (Å²) in [5, 5.41) is 17.5. The number of Topliss-reactive ketones (excluding diaryl/α,β-unsaturated/α-hetero) is 1. The number of aromatic nitrogens is 2. The zero-order chi connectivity index (χ0) is 37.6. The molecule has 4 aromatic rings. The molecule has 2 aromatic carbocycles. The van der Waals surface area contributed by atoms with Crippen LogP contribution in [0.3, 0.4) is 0 Å². The maximum atomic E-state index is 14.3. The molecule has 0 saturated heterocycles. The van der Waals surface area contributed by atoms with Gasteiger partial charge in [-0.1, -0.05) is 84.2 Å². The van der Waals surface area contributed by atoms with Crippen LogP contribution >= 0.6 is 0 Å². The van der Waals surface area contributed by atoms with Gasteiger partial charge in [0.2, 0.25) is 17.7 Å². The Morgan fingerprint density at radius 1 is 1.06 bits per heavy atom. The van der Waals surface area contributed by atoms with Gasteiger partial charge in [-0.2, -0.15) is 0 Å². The normalized spacial score (nSPS) is 21.9. The molecule has 53 heavy (non-hydrogen) atoms. The summed E-state index contributed by atoms with van der Waals surface area (Å²) in [5.41, 5.74) is 3.59. The number of benzene rings is 2. The van der Waals surface area contributed by atoms with E-state index in [-0.39, 0.29) is 59.5 Å². The van der Waals surface area contributed by atoms with Gasteiger partial charge >= 0.3 is 5.97 Å². The summed E-state index contributed by atoms with van der Waals surface area (Å²) in [4.78, 5) is 49.8. The molecule has 5 atom stereocenters. The standard InChI is InChI=1S/C41H48N4O8/c1-7-8-9-10-13-24-16-23-17-25(19-30(46)33(47)22(4)5)36(48)44-31(21(2)3)38-45-32(37-42-29(20-51-37)39(49)50-6)35(53-38)41-26-14-11-12-15-28(26)43-40(41)52-34(24)27(41)18-23/h11-12,14-16,18,20-22,25,31,33,40,43,47H,7-10,13,17,19H2,1-6H3,(H,44,48)/t25?,31-,33-,40?,41-/m0/s1. The van der Waals surface area contributed by atoms with Gasteiger partial charge in [-0.15, -0.1) is 0 Å². The van der Waals surface area contributed by atoms with Crippen LogP contribution < -0.4 is 15.4 Å². The van der Waals surface area contributed by atoms with Crippen LogP contribution in [0.25, 0.3) is 11.6 Å². The van der Waals surface area contributed by atoms with Crippen LogP contribution in [-0.4, -0.2) is 52.2 Å². The fourth-order valence-corrected chi connectivity index (χ4v) is 7.99. The molecule has 12 nitrogen and oxygen atoms in total. The Bertz CT molecular complexity index is 2030. The smallest absolute Gasteiger partial charge is 0.360 e. The van der Waals surface area contributed by atoms with Crippen molar-refractivity contribution in [1.29, 1.82) is 0 Å². The summed E-state index contributed by atoms with van der Waals surface area (Å²) in [7, 11) is 1.27. The first-order valence-electron chi connectivity index (χ1n) is 18.7. The molecule has 3 aliphatic rings. The number of oxazole rings is 2. The van der Waals surface area contributed by atoms with E-state index in [9.17, 15) is 19.5 Å². The molecule has 0 aliphatic carbocycles.